The van der Waals surface area contributed by atoms with E-state index in [4.69, 9.17) is 0 Å². The van der Waals surface area contributed by atoms with Crippen LogP contribution in [0.5, 0.6) is 0 Å². The molecule has 0 N–H and O–H groups in total. The highest BCUT2D eigenvalue weighted by Crippen LogP contribution is 2.77. The molecule has 0 saturated carbocycles. The van der Waals surface area contributed by atoms with Crippen molar-refractivity contribution >= 4 is 26.9 Å². The van der Waals surface area contributed by atoms with Crippen molar-refractivity contribution in [2.24, 2.45) is 0 Å². The van der Waals surface area contributed by atoms with Crippen molar-refractivity contribution in [3.05, 3.63) is 178 Å². The molecule has 3 radical (unpaired) electrons. The molecule has 0 fully saturated rings. The van der Waals surface area contributed by atoms with Crippen LogP contribution in [-0.4, -0.2) is 14.6 Å². The summed E-state index contributed by atoms with van der Waals surface area (Å²) in [5.41, 5.74) is -13.5. The number of allylic oxidation sites excluding steroid dienone is 2. The molecule has 0 heterocycles. The van der Waals surface area contributed by atoms with E-state index < -0.39 is 128 Å². The summed E-state index contributed by atoms with van der Waals surface area (Å²) in [6, 6.07) is 12.2. The highest BCUT2D eigenvalue weighted by molar-refractivity contribution is 7.74. The Balaban J connectivity index is 0.00000541. The zero-order valence-corrected chi connectivity index (χ0v) is 26.8. The Morgan fingerprint density at radius 1 is 0.415 bits per heavy atom. The number of alkyl halides is 3. The monoisotopic (exact) mass is 775 g/mol. The summed E-state index contributed by atoms with van der Waals surface area (Å²) in [6.45, 7) is 0. The maximum Gasteiger partial charge on any atom is 0.213 e. The average molecular weight is 775 g/mol. The molecule has 4 atom stereocenters. The lowest BCUT2D eigenvalue weighted by Crippen LogP contribution is -2.65. The summed E-state index contributed by atoms with van der Waals surface area (Å²) in [7, 11) is -5.30. The van der Waals surface area contributed by atoms with Gasteiger partial charge in [0.25, 0.3) is 0 Å². The molecule has 273 valence electrons. The smallest absolute Gasteiger partial charge is 0.213 e. The van der Waals surface area contributed by atoms with E-state index in [0.29, 0.717) is 36.4 Å². The number of halogens is 15. The van der Waals surface area contributed by atoms with Gasteiger partial charge in [-0.15, -0.1) is 0 Å². The molecule has 0 nitrogen and oxygen atoms in total. The van der Waals surface area contributed by atoms with Crippen molar-refractivity contribution in [1.29, 1.82) is 0 Å². The van der Waals surface area contributed by atoms with Crippen LogP contribution in [0.1, 0.15) is 16.7 Å². The number of hydrogen-bond donors (Lipinski definition) is 0. The number of rotatable bonds is 6. The van der Waals surface area contributed by atoms with Gasteiger partial charge in [0.05, 0.1) is 10.6 Å². The molecule has 0 aliphatic heterocycles. The lowest BCUT2D eigenvalue weighted by atomic mass is 9.61. The van der Waals surface area contributed by atoms with Crippen molar-refractivity contribution in [2.45, 2.75) is 22.7 Å². The minimum atomic E-state index is -5.30. The van der Waals surface area contributed by atoms with Gasteiger partial charge in [-0.2, -0.15) is 0 Å². The van der Waals surface area contributed by atoms with Crippen molar-refractivity contribution in [3.8, 4) is 0 Å². The van der Waals surface area contributed by atoms with Gasteiger partial charge in [0.15, 0.2) is 70.0 Å². The summed E-state index contributed by atoms with van der Waals surface area (Å²) < 4.78 is 241. The minimum absolute atomic E-state index is 0. The summed E-state index contributed by atoms with van der Waals surface area (Å²) in [4.78, 5) is 0. The van der Waals surface area contributed by atoms with Crippen LogP contribution in [0.25, 0.3) is 0 Å². The molecule has 17 heteroatoms. The Hall–Kier alpha value is -4.72. The second-order valence-electron chi connectivity index (χ2n) is 11.4. The summed E-state index contributed by atoms with van der Waals surface area (Å²) in [5.74, 6) is -36.1. The Labute approximate surface area is 292 Å². The van der Waals surface area contributed by atoms with Crippen LogP contribution in [0, 0.1) is 58.2 Å². The molecule has 0 bridgehead atoms. The minimum Gasteiger partial charge on any atom is -0.235 e. The maximum atomic E-state index is 19.4. The molecule has 0 saturated heterocycles. The molecule has 53 heavy (non-hydrogen) atoms. The van der Waals surface area contributed by atoms with Crippen LogP contribution >= 0.6 is 7.92 Å². The summed E-state index contributed by atoms with van der Waals surface area (Å²) in [6.07, 6.45) is -4.08. The Morgan fingerprint density at radius 2 is 0.717 bits per heavy atom. The van der Waals surface area contributed by atoms with Gasteiger partial charge in [0.2, 0.25) is 17.3 Å². The molecule has 4 unspecified atom stereocenters. The van der Waals surface area contributed by atoms with E-state index in [1.807, 2.05) is 0 Å². The van der Waals surface area contributed by atoms with E-state index in [2.05, 4.69) is 0 Å². The van der Waals surface area contributed by atoms with Gasteiger partial charge in [-0.05, 0) is 24.6 Å². The van der Waals surface area contributed by atoms with Crippen LogP contribution in [0.15, 0.2) is 103 Å². The van der Waals surface area contributed by atoms with Crippen LogP contribution in [0.2, 0.25) is 0 Å². The van der Waals surface area contributed by atoms with Gasteiger partial charge in [-0.3, -0.25) is 0 Å². The van der Waals surface area contributed by atoms with E-state index >= 15 is 57.1 Å². The van der Waals surface area contributed by atoms with E-state index in [9.17, 15) is 8.78 Å². The second kappa shape index (κ2) is 13.9. The molecule has 0 spiro atoms. The third kappa shape index (κ3) is 5.14. The first-order valence-corrected chi connectivity index (χ1v) is 15.9. The molecule has 1 aliphatic rings. The van der Waals surface area contributed by atoms with Gasteiger partial charge >= 0.3 is 0 Å². The van der Waals surface area contributed by atoms with Crippen LogP contribution in [0.3, 0.4) is 0 Å². The van der Waals surface area contributed by atoms with Gasteiger partial charge in [-0.1, -0.05) is 91.0 Å². The molecular weight excluding hydrogens is 759 g/mol. The second-order valence-corrected chi connectivity index (χ2v) is 13.6. The largest absolute Gasteiger partial charge is 0.235 e. The molecule has 1 aliphatic carbocycles. The summed E-state index contributed by atoms with van der Waals surface area (Å²) >= 11 is 0. The maximum absolute atomic E-state index is 19.4. The third-order valence-electron chi connectivity index (χ3n) is 8.81. The Kier molecular flexibility index (Phi) is 10.4. The highest BCUT2D eigenvalue weighted by atomic mass is 31.1. The quantitative estimate of drug-likeness (QED) is 0.0530. The molecule has 5 aromatic rings. The van der Waals surface area contributed by atoms with Crippen molar-refractivity contribution in [3.63, 3.8) is 0 Å². The van der Waals surface area contributed by atoms with Crippen LogP contribution in [0.4, 0.5) is 65.9 Å². The van der Waals surface area contributed by atoms with E-state index in [1.54, 1.807) is 0 Å². The van der Waals surface area contributed by atoms with Crippen molar-refractivity contribution in [2.75, 3.05) is 0 Å². The predicted octanol–water partition coefficient (Wildman–Crippen LogP) is 10.3. The first kappa shape index (κ1) is 39.5. The lowest BCUT2D eigenvalue weighted by Gasteiger charge is -2.57. The van der Waals surface area contributed by atoms with Crippen LogP contribution < -0.4 is 10.6 Å². The summed E-state index contributed by atoms with van der Waals surface area (Å²) in [5, 5.41) is -9.89. The molecule has 0 amide bonds. The third-order valence-corrected chi connectivity index (χ3v) is 11.9. The SMILES string of the molecule is FC1=C(F)C(c2ccccc2)(P(c2c(F)c(F)c(F)c(F)c2F)c2c(F)c(F)c(F)c(F)c2F)C(F)(c2ccccc2)C(F)(c2ccccc2)C1F.[B]. The number of benzene rings is 5. The standard InChI is InChI=1S/C36H16F15P.B/c37-19-21(39)25(43)30(26(44)22(19)40)52(31-27(45)23(41)20(38)24(42)28(31)46)35(17-12-6-2-7-13-17)33(49)29(47)32(48)34(50,16-10-4-1-5-11-16)36(35,51)18-14-8-3-9-15-18;/h1-15,32H;. The van der Waals surface area contributed by atoms with Gasteiger partial charge < -0.3 is 0 Å². The molecule has 0 aromatic heterocycles. The normalized spacial score (nSPS) is 23.0. The van der Waals surface area contributed by atoms with Gasteiger partial charge in [-0.25, -0.2) is 65.9 Å². The van der Waals surface area contributed by atoms with Crippen molar-refractivity contribution in [1.82, 2.24) is 0 Å². The lowest BCUT2D eigenvalue weighted by molar-refractivity contribution is -0.133. The molecule has 6 rings (SSSR count). The molecule has 5 aromatic carbocycles. The Bertz CT molecular complexity index is 2110. The number of hydrogen-bond acceptors (Lipinski definition) is 0. The zero-order chi connectivity index (χ0) is 38.1. The van der Waals surface area contributed by atoms with Gasteiger partial charge in [0.1, 0.15) is 5.16 Å². The predicted molar refractivity (Wildman–Crippen MR) is 165 cm³/mol. The average Bonchev–Trinajstić information content (AvgIpc) is 3.17. The topological polar surface area (TPSA) is 0 Å². The van der Waals surface area contributed by atoms with E-state index in [-0.39, 0.29) is 8.41 Å². The van der Waals surface area contributed by atoms with Crippen molar-refractivity contribution < 1.29 is 65.9 Å². The van der Waals surface area contributed by atoms with Gasteiger partial charge in [0, 0.05) is 8.41 Å². The fourth-order valence-corrected chi connectivity index (χ4v) is 9.96. The molecular formula is C36H16BF15P. The fourth-order valence-electron chi connectivity index (χ4n) is 6.57. The highest BCUT2D eigenvalue weighted by Gasteiger charge is 2.79. The fraction of sp³-hybridized carbons (Fsp3) is 0.111. The Morgan fingerprint density at radius 3 is 1.08 bits per heavy atom. The zero-order valence-electron chi connectivity index (χ0n) is 25.9. The van der Waals surface area contributed by atoms with E-state index in [1.165, 1.54) is 6.07 Å². The first-order valence-electron chi connectivity index (χ1n) is 14.6. The van der Waals surface area contributed by atoms with Crippen LogP contribution in [-0.2, 0) is 16.5 Å². The first-order chi connectivity index (χ1) is 24.5. The van der Waals surface area contributed by atoms with E-state index in [0.717, 1.165) is 48.5 Å².